The van der Waals surface area contributed by atoms with Crippen LogP contribution in [0.25, 0.3) is 0 Å². The van der Waals surface area contributed by atoms with Gasteiger partial charge in [0.15, 0.2) is 5.82 Å². The lowest BCUT2D eigenvalue weighted by Gasteiger charge is -2.28. The van der Waals surface area contributed by atoms with Gasteiger partial charge in [0.05, 0.1) is 12.6 Å². The van der Waals surface area contributed by atoms with E-state index in [9.17, 15) is 5.11 Å². The standard InChI is InChI=1S/C10H18N4OS/c1-13(2)10-11-9(12-16-10)7-14-5-3-8(15)4-6-14/h8,15H,3-7H2,1-2H3. The zero-order valence-electron chi connectivity index (χ0n) is 9.76. The highest BCUT2D eigenvalue weighted by Crippen LogP contribution is 2.17. The fourth-order valence-corrected chi connectivity index (χ4v) is 2.36. The molecule has 0 bridgehead atoms. The molecule has 0 aromatic carbocycles. The second-order valence-corrected chi connectivity index (χ2v) is 5.13. The number of aromatic nitrogens is 2. The van der Waals surface area contributed by atoms with Crippen molar-refractivity contribution in [1.29, 1.82) is 0 Å². The number of nitrogens with zero attached hydrogens (tertiary/aromatic N) is 4. The van der Waals surface area contributed by atoms with Crippen molar-refractivity contribution in [3.8, 4) is 0 Å². The molecule has 1 aliphatic heterocycles. The summed E-state index contributed by atoms with van der Waals surface area (Å²) in [4.78, 5) is 8.73. The number of hydrogen-bond donors (Lipinski definition) is 1. The highest BCUT2D eigenvalue weighted by molar-refractivity contribution is 7.09. The topological polar surface area (TPSA) is 52.5 Å². The van der Waals surface area contributed by atoms with Gasteiger partial charge in [-0.3, -0.25) is 4.90 Å². The number of rotatable bonds is 3. The monoisotopic (exact) mass is 242 g/mol. The van der Waals surface area contributed by atoms with Gasteiger partial charge in [-0.1, -0.05) is 0 Å². The molecule has 1 aromatic rings. The molecule has 0 amide bonds. The molecule has 0 atom stereocenters. The third-order valence-electron chi connectivity index (χ3n) is 2.76. The van der Waals surface area contributed by atoms with Crippen molar-refractivity contribution in [2.75, 3.05) is 32.1 Å². The van der Waals surface area contributed by atoms with Crippen LogP contribution in [-0.2, 0) is 6.54 Å². The Kier molecular flexibility index (Phi) is 3.73. The van der Waals surface area contributed by atoms with Gasteiger partial charge in [0, 0.05) is 38.7 Å². The number of anilines is 1. The Hall–Kier alpha value is -0.720. The minimum atomic E-state index is -0.114. The van der Waals surface area contributed by atoms with E-state index in [2.05, 4.69) is 14.3 Å². The van der Waals surface area contributed by atoms with Crippen LogP contribution in [0.2, 0.25) is 0 Å². The van der Waals surface area contributed by atoms with E-state index >= 15 is 0 Å². The average Bonchev–Trinajstić information content (AvgIpc) is 2.70. The van der Waals surface area contributed by atoms with Gasteiger partial charge in [-0.15, -0.1) is 0 Å². The van der Waals surface area contributed by atoms with Gasteiger partial charge in [-0.05, 0) is 12.8 Å². The van der Waals surface area contributed by atoms with Crippen LogP contribution in [0, 0.1) is 0 Å². The first-order valence-corrected chi connectivity index (χ1v) is 6.33. The molecule has 0 unspecified atom stereocenters. The molecule has 90 valence electrons. The van der Waals surface area contributed by atoms with Crippen molar-refractivity contribution in [3.63, 3.8) is 0 Å². The normalized spacial score (nSPS) is 18.9. The number of aliphatic hydroxyl groups is 1. The molecule has 1 fully saturated rings. The molecule has 6 heteroatoms. The van der Waals surface area contributed by atoms with Crippen molar-refractivity contribution in [1.82, 2.24) is 14.3 Å². The molecule has 1 N–H and O–H groups in total. The van der Waals surface area contributed by atoms with Gasteiger partial charge in [-0.2, -0.15) is 4.37 Å². The van der Waals surface area contributed by atoms with Crippen LogP contribution in [0.15, 0.2) is 0 Å². The number of likely N-dealkylation sites (tertiary alicyclic amines) is 1. The third kappa shape index (κ3) is 2.90. The SMILES string of the molecule is CN(C)c1nc(CN2CCC(O)CC2)ns1. The molecule has 0 saturated carbocycles. The van der Waals surface area contributed by atoms with E-state index in [-0.39, 0.29) is 6.10 Å². The van der Waals surface area contributed by atoms with E-state index in [0.29, 0.717) is 0 Å². The number of piperidine rings is 1. The van der Waals surface area contributed by atoms with Crippen molar-refractivity contribution in [3.05, 3.63) is 5.82 Å². The lowest BCUT2D eigenvalue weighted by molar-refractivity contribution is 0.0782. The zero-order chi connectivity index (χ0) is 11.5. The van der Waals surface area contributed by atoms with Gasteiger partial charge < -0.3 is 10.0 Å². The Morgan fingerprint density at radius 1 is 1.44 bits per heavy atom. The lowest BCUT2D eigenvalue weighted by Crippen LogP contribution is -2.35. The zero-order valence-corrected chi connectivity index (χ0v) is 10.6. The van der Waals surface area contributed by atoms with E-state index in [1.165, 1.54) is 11.5 Å². The summed E-state index contributed by atoms with van der Waals surface area (Å²) in [5, 5.41) is 10.4. The smallest absolute Gasteiger partial charge is 0.204 e. The molecule has 1 aromatic heterocycles. The summed E-state index contributed by atoms with van der Waals surface area (Å²) in [5.41, 5.74) is 0. The second-order valence-electron chi connectivity index (χ2n) is 4.39. The maximum absolute atomic E-state index is 9.41. The molecular formula is C10H18N4OS. The quantitative estimate of drug-likeness (QED) is 0.839. The summed E-state index contributed by atoms with van der Waals surface area (Å²) >= 11 is 1.44. The van der Waals surface area contributed by atoms with Crippen LogP contribution in [0.1, 0.15) is 18.7 Å². The minimum absolute atomic E-state index is 0.114. The van der Waals surface area contributed by atoms with Crippen LogP contribution in [-0.4, -0.2) is 52.7 Å². The van der Waals surface area contributed by atoms with Crippen LogP contribution in [0.5, 0.6) is 0 Å². The molecule has 2 heterocycles. The van der Waals surface area contributed by atoms with Gasteiger partial charge >= 0.3 is 0 Å². The average molecular weight is 242 g/mol. The third-order valence-corrected chi connectivity index (χ3v) is 3.68. The Morgan fingerprint density at radius 2 is 2.12 bits per heavy atom. The van der Waals surface area contributed by atoms with Crippen molar-refractivity contribution in [2.45, 2.75) is 25.5 Å². The molecule has 0 radical (unpaired) electrons. The molecule has 5 nitrogen and oxygen atoms in total. The maximum Gasteiger partial charge on any atom is 0.204 e. The summed E-state index contributed by atoms with van der Waals surface area (Å²) in [7, 11) is 3.95. The van der Waals surface area contributed by atoms with Crippen molar-refractivity contribution < 1.29 is 5.11 Å². The number of hydrogen-bond acceptors (Lipinski definition) is 6. The van der Waals surface area contributed by atoms with Crippen LogP contribution in [0.3, 0.4) is 0 Å². The summed E-state index contributed by atoms with van der Waals surface area (Å²) < 4.78 is 4.34. The van der Waals surface area contributed by atoms with Gasteiger partial charge in [0.1, 0.15) is 0 Å². The van der Waals surface area contributed by atoms with Crippen molar-refractivity contribution >= 4 is 16.7 Å². The molecule has 1 saturated heterocycles. The fraction of sp³-hybridized carbons (Fsp3) is 0.800. The predicted molar refractivity (Wildman–Crippen MR) is 64.8 cm³/mol. The van der Waals surface area contributed by atoms with Crippen LogP contribution >= 0.6 is 11.5 Å². The van der Waals surface area contributed by atoms with Crippen LogP contribution in [0.4, 0.5) is 5.13 Å². The molecule has 0 spiro atoms. The Bertz CT molecular complexity index is 333. The minimum Gasteiger partial charge on any atom is -0.393 e. The first kappa shape index (κ1) is 11.8. The Morgan fingerprint density at radius 3 is 2.69 bits per heavy atom. The Labute approximate surface area is 99.9 Å². The number of aliphatic hydroxyl groups excluding tert-OH is 1. The summed E-state index contributed by atoms with van der Waals surface area (Å²) in [6.45, 7) is 2.69. The fourth-order valence-electron chi connectivity index (χ4n) is 1.77. The Balaban J connectivity index is 1.88. The first-order valence-electron chi connectivity index (χ1n) is 5.55. The van der Waals surface area contributed by atoms with E-state index in [1.54, 1.807) is 0 Å². The summed E-state index contributed by atoms with van der Waals surface area (Å²) in [6.07, 6.45) is 1.62. The molecule has 1 aliphatic rings. The predicted octanol–water partition coefficient (Wildman–Crippen LogP) is 0.561. The van der Waals surface area contributed by atoms with E-state index in [1.807, 2.05) is 19.0 Å². The van der Waals surface area contributed by atoms with Gasteiger partial charge in [0.2, 0.25) is 5.13 Å². The highest BCUT2D eigenvalue weighted by Gasteiger charge is 2.18. The summed E-state index contributed by atoms with van der Waals surface area (Å²) in [6, 6.07) is 0. The van der Waals surface area contributed by atoms with E-state index < -0.39 is 0 Å². The molecular weight excluding hydrogens is 224 g/mol. The van der Waals surface area contributed by atoms with Crippen LogP contribution < -0.4 is 4.90 Å². The highest BCUT2D eigenvalue weighted by atomic mass is 32.1. The maximum atomic E-state index is 9.41. The van der Waals surface area contributed by atoms with E-state index in [4.69, 9.17) is 0 Å². The molecule has 0 aliphatic carbocycles. The van der Waals surface area contributed by atoms with Gasteiger partial charge in [0.25, 0.3) is 0 Å². The lowest BCUT2D eigenvalue weighted by atomic mass is 10.1. The van der Waals surface area contributed by atoms with E-state index in [0.717, 1.165) is 43.4 Å². The molecule has 2 rings (SSSR count). The largest absolute Gasteiger partial charge is 0.393 e. The van der Waals surface area contributed by atoms with Crippen molar-refractivity contribution in [2.24, 2.45) is 0 Å². The molecule has 16 heavy (non-hydrogen) atoms. The summed E-state index contributed by atoms with van der Waals surface area (Å²) in [5.74, 6) is 0.894. The van der Waals surface area contributed by atoms with Gasteiger partial charge in [-0.25, -0.2) is 4.98 Å². The first-order chi connectivity index (χ1) is 7.65. The second kappa shape index (κ2) is 5.07.